The maximum absolute atomic E-state index is 11.5. The van der Waals surface area contributed by atoms with Gasteiger partial charge in [-0.25, -0.2) is 9.78 Å². The fraction of sp³-hybridized carbons (Fsp3) is 0.750. The predicted octanol–water partition coefficient (Wildman–Crippen LogP) is 3.12. The SMILES string of the molecule is CCOC(=O)N[C@@H]1CCCN(Cc2cnc(C3CCC3)s2)C1. The average Bonchev–Trinajstić information content (AvgIpc) is 2.85. The monoisotopic (exact) mass is 323 g/mol. The van der Waals surface area contributed by atoms with E-state index >= 15 is 0 Å². The molecule has 1 saturated carbocycles. The second-order valence-corrected chi connectivity index (χ2v) is 7.38. The topological polar surface area (TPSA) is 54.5 Å². The molecule has 22 heavy (non-hydrogen) atoms. The van der Waals surface area contributed by atoms with E-state index in [4.69, 9.17) is 4.74 Å². The summed E-state index contributed by atoms with van der Waals surface area (Å²) in [5, 5.41) is 4.28. The van der Waals surface area contributed by atoms with Crippen molar-refractivity contribution in [3.63, 3.8) is 0 Å². The van der Waals surface area contributed by atoms with Crippen LogP contribution in [0.15, 0.2) is 6.20 Å². The van der Waals surface area contributed by atoms with Gasteiger partial charge in [-0.05, 0) is 39.2 Å². The highest BCUT2D eigenvalue weighted by Gasteiger charge is 2.25. The van der Waals surface area contributed by atoms with Crippen LogP contribution in [-0.2, 0) is 11.3 Å². The Morgan fingerprint density at radius 2 is 2.32 bits per heavy atom. The van der Waals surface area contributed by atoms with Gasteiger partial charge in [-0.15, -0.1) is 11.3 Å². The smallest absolute Gasteiger partial charge is 0.407 e. The van der Waals surface area contributed by atoms with E-state index < -0.39 is 0 Å². The summed E-state index contributed by atoms with van der Waals surface area (Å²) >= 11 is 1.87. The summed E-state index contributed by atoms with van der Waals surface area (Å²) in [5.74, 6) is 0.721. The van der Waals surface area contributed by atoms with Crippen LogP contribution >= 0.6 is 11.3 Å². The summed E-state index contributed by atoms with van der Waals surface area (Å²) < 4.78 is 4.97. The van der Waals surface area contributed by atoms with E-state index in [-0.39, 0.29) is 12.1 Å². The maximum Gasteiger partial charge on any atom is 0.407 e. The molecule has 3 rings (SSSR count). The average molecular weight is 323 g/mol. The lowest BCUT2D eigenvalue weighted by Gasteiger charge is -2.32. The lowest BCUT2D eigenvalue weighted by atomic mass is 9.86. The Kier molecular flexibility index (Phi) is 5.31. The Hall–Kier alpha value is -1.14. The van der Waals surface area contributed by atoms with Gasteiger partial charge in [0.05, 0.1) is 11.6 Å². The van der Waals surface area contributed by atoms with Gasteiger partial charge in [0.15, 0.2) is 0 Å². The van der Waals surface area contributed by atoms with Gasteiger partial charge in [0.25, 0.3) is 0 Å². The van der Waals surface area contributed by atoms with Crippen LogP contribution in [0.25, 0.3) is 0 Å². The molecule has 0 aromatic carbocycles. The Morgan fingerprint density at radius 3 is 3.05 bits per heavy atom. The van der Waals surface area contributed by atoms with Crippen LogP contribution in [0, 0.1) is 0 Å². The standard InChI is InChI=1S/C16H25N3O2S/c1-2-21-16(20)18-13-7-4-8-19(10-13)11-14-9-17-15(22-14)12-5-3-6-12/h9,12-13H,2-8,10-11H2,1H3,(H,18,20)/t13-/m1/s1. The largest absolute Gasteiger partial charge is 0.450 e. The molecule has 1 saturated heterocycles. The number of carbonyl (C=O) groups is 1. The van der Waals surface area contributed by atoms with Gasteiger partial charge in [-0.1, -0.05) is 6.42 Å². The van der Waals surface area contributed by atoms with E-state index in [1.807, 2.05) is 24.5 Å². The first-order valence-corrected chi connectivity index (χ1v) is 9.16. The minimum absolute atomic E-state index is 0.201. The second-order valence-electron chi connectivity index (χ2n) is 6.23. The number of likely N-dealkylation sites (tertiary alicyclic amines) is 1. The van der Waals surface area contributed by atoms with Crippen LogP contribution in [0.4, 0.5) is 4.79 Å². The van der Waals surface area contributed by atoms with Gasteiger partial charge in [0, 0.05) is 36.1 Å². The third-order valence-corrected chi connectivity index (χ3v) is 5.65. The molecule has 1 aromatic rings. The highest BCUT2D eigenvalue weighted by Crippen LogP contribution is 2.38. The van der Waals surface area contributed by atoms with Crippen molar-refractivity contribution in [2.75, 3.05) is 19.7 Å². The molecular formula is C16H25N3O2S. The molecule has 1 aromatic heterocycles. The number of thiazole rings is 1. The number of alkyl carbamates (subject to hydrolysis) is 1. The first-order chi connectivity index (χ1) is 10.7. The van der Waals surface area contributed by atoms with Crippen LogP contribution in [0.2, 0.25) is 0 Å². The van der Waals surface area contributed by atoms with Crippen molar-refractivity contribution < 1.29 is 9.53 Å². The zero-order valence-electron chi connectivity index (χ0n) is 13.2. The molecule has 1 aliphatic heterocycles. The third kappa shape index (κ3) is 3.98. The zero-order chi connectivity index (χ0) is 15.4. The summed E-state index contributed by atoms with van der Waals surface area (Å²) in [4.78, 5) is 19.9. The molecule has 5 nitrogen and oxygen atoms in total. The Labute approximate surface area is 136 Å². The molecule has 0 spiro atoms. The maximum atomic E-state index is 11.5. The molecule has 0 bridgehead atoms. The van der Waals surface area contributed by atoms with Gasteiger partial charge in [-0.2, -0.15) is 0 Å². The number of rotatable bonds is 5. The molecule has 0 unspecified atom stereocenters. The predicted molar refractivity (Wildman–Crippen MR) is 87.2 cm³/mol. The van der Waals surface area contributed by atoms with Crippen LogP contribution in [0.5, 0.6) is 0 Å². The first kappa shape index (κ1) is 15.7. The number of nitrogens with zero attached hydrogens (tertiary/aromatic N) is 2. The zero-order valence-corrected chi connectivity index (χ0v) is 14.0. The van der Waals surface area contributed by atoms with Crippen molar-refractivity contribution in [2.24, 2.45) is 0 Å². The number of piperidine rings is 1. The molecule has 1 aliphatic carbocycles. The first-order valence-electron chi connectivity index (χ1n) is 8.35. The normalized spacial score (nSPS) is 23.0. The number of ether oxygens (including phenoxy) is 1. The molecule has 2 fully saturated rings. The van der Waals surface area contributed by atoms with E-state index in [9.17, 15) is 4.79 Å². The molecule has 1 atom stereocenters. The van der Waals surface area contributed by atoms with Crippen molar-refractivity contribution in [2.45, 2.75) is 57.5 Å². The minimum atomic E-state index is -0.292. The molecule has 122 valence electrons. The Morgan fingerprint density at radius 1 is 1.45 bits per heavy atom. The molecule has 2 aliphatic rings. The summed E-state index contributed by atoms with van der Waals surface area (Å²) in [7, 11) is 0. The van der Waals surface area contributed by atoms with Gasteiger partial charge in [0.1, 0.15) is 0 Å². The molecule has 0 radical (unpaired) electrons. The highest BCUT2D eigenvalue weighted by molar-refractivity contribution is 7.11. The van der Waals surface area contributed by atoms with Crippen molar-refractivity contribution in [3.05, 3.63) is 16.1 Å². The van der Waals surface area contributed by atoms with Crippen molar-refractivity contribution in [3.8, 4) is 0 Å². The van der Waals surface area contributed by atoms with E-state index in [1.54, 1.807) is 0 Å². The Bertz CT molecular complexity index is 501. The number of amides is 1. The molecule has 1 N–H and O–H groups in total. The Balaban J connectivity index is 1.49. The van der Waals surface area contributed by atoms with Gasteiger partial charge >= 0.3 is 6.09 Å². The molecule has 2 heterocycles. The van der Waals surface area contributed by atoms with Crippen LogP contribution < -0.4 is 5.32 Å². The number of hydrogen-bond acceptors (Lipinski definition) is 5. The van der Waals surface area contributed by atoms with Gasteiger partial charge in [0.2, 0.25) is 0 Å². The fourth-order valence-electron chi connectivity index (χ4n) is 3.12. The third-order valence-electron chi connectivity index (χ3n) is 4.51. The van der Waals surface area contributed by atoms with Crippen LogP contribution in [0.1, 0.15) is 54.8 Å². The lowest BCUT2D eigenvalue weighted by Crippen LogP contribution is -2.47. The number of nitrogens with one attached hydrogen (secondary N) is 1. The van der Waals surface area contributed by atoms with E-state index in [0.29, 0.717) is 6.61 Å². The molecule has 6 heteroatoms. The minimum Gasteiger partial charge on any atom is -0.450 e. The lowest BCUT2D eigenvalue weighted by molar-refractivity contribution is 0.133. The van der Waals surface area contributed by atoms with Gasteiger partial charge in [-0.3, -0.25) is 4.90 Å². The van der Waals surface area contributed by atoms with Crippen molar-refractivity contribution in [1.29, 1.82) is 0 Å². The van der Waals surface area contributed by atoms with Crippen molar-refractivity contribution >= 4 is 17.4 Å². The van der Waals surface area contributed by atoms with Crippen molar-refractivity contribution in [1.82, 2.24) is 15.2 Å². The summed E-state index contributed by atoms with van der Waals surface area (Å²) in [6.45, 7) is 5.20. The summed E-state index contributed by atoms with van der Waals surface area (Å²) in [5.41, 5.74) is 0. The summed E-state index contributed by atoms with van der Waals surface area (Å²) in [6.07, 6.45) is 7.87. The quantitative estimate of drug-likeness (QED) is 0.904. The fourth-order valence-corrected chi connectivity index (χ4v) is 4.25. The molecular weight excluding hydrogens is 298 g/mol. The van der Waals surface area contributed by atoms with Crippen LogP contribution in [-0.4, -0.2) is 41.7 Å². The van der Waals surface area contributed by atoms with E-state index in [1.165, 1.54) is 29.1 Å². The number of hydrogen-bond donors (Lipinski definition) is 1. The van der Waals surface area contributed by atoms with E-state index in [2.05, 4.69) is 15.2 Å². The number of carbonyl (C=O) groups excluding carboxylic acids is 1. The summed E-state index contributed by atoms with van der Waals surface area (Å²) in [6, 6.07) is 0.201. The number of aromatic nitrogens is 1. The highest BCUT2D eigenvalue weighted by atomic mass is 32.1. The van der Waals surface area contributed by atoms with Crippen LogP contribution in [0.3, 0.4) is 0 Å². The van der Waals surface area contributed by atoms with Gasteiger partial charge < -0.3 is 10.1 Å². The van der Waals surface area contributed by atoms with E-state index in [0.717, 1.165) is 38.4 Å². The molecule has 1 amide bonds. The second kappa shape index (κ2) is 7.42.